The molecule has 0 bridgehead atoms. The van der Waals surface area contributed by atoms with Gasteiger partial charge >= 0.3 is 10.2 Å². The normalized spacial score (nSPS) is 15.0. The van der Waals surface area contributed by atoms with E-state index in [9.17, 15) is 17.6 Å². The molecule has 1 saturated heterocycles. The highest BCUT2D eigenvalue weighted by Crippen LogP contribution is 2.37. The maximum atomic E-state index is 14.6. The van der Waals surface area contributed by atoms with Crippen LogP contribution in [0.25, 0.3) is 10.9 Å². The van der Waals surface area contributed by atoms with E-state index >= 15 is 0 Å². The average Bonchev–Trinajstić information content (AvgIpc) is 2.70. The molecule has 0 atom stereocenters. The summed E-state index contributed by atoms with van der Waals surface area (Å²) in [5.41, 5.74) is 1.09. The number of halogens is 2. The number of benzene rings is 2. The molecule has 1 aromatic heterocycles. The van der Waals surface area contributed by atoms with Gasteiger partial charge in [0.2, 0.25) is 0 Å². The van der Waals surface area contributed by atoms with Crippen LogP contribution in [0.4, 0.5) is 21.5 Å². The molecule has 32 heavy (non-hydrogen) atoms. The standard InChI is InChI=1S/C20H21ClFN5O4S/c1-11-14(5-6-15-17(11)20(29)26(2)10-23-15)24-19-13(22)3-4-16(18(19)21)25-32(30,31)27-7-12(8-27)9-28/h3-6,10,12,24-25,28H,7-9H2,1-2H3. The van der Waals surface area contributed by atoms with Gasteiger partial charge in [0.15, 0.2) is 0 Å². The van der Waals surface area contributed by atoms with Crippen molar-refractivity contribution in [1.29, 1.82) is 0 Å². The summed E-state index contributed by atoms with van der Waals surface area (Å²) in [7, 11) is -2.32. The first-order valence-electron chi connectivity index (χ1n) is 9.71. The van der Waals surface area contributed by atoms with Gasteiger partial charge in [0.05, 0.1) is 33.6 Å². The molecule has 1 aliphatic rings. The number of nitrogens with one attached hydrogen (secondary N) is 2. The highest BCUT2D eigenvalue weighted by atomic mass is 35.5. The third-order valence-corrected chi connectivity index (χ3v) is 7.31. The van der Waals surface area contributed by atoms with E-state index in [-0.39, 0.29) is 47.6 Å². The Morgan fingerprint density at radius 3 is 2.62 bits per heavy atom. The van der Waals surface area contributed by atoms with Crippen LogP contribution in [-0.4, -0.2) is 47.1 Å². The van der Waals surface area contributed by atoms with Crippen molar-refractivity contribution >= 4 is 49.8 Å². The molecule has 0 radical (unpaired) electrons. The number of aliphatic hydroxyl groups excluding tert-OH is 1. The number of fused-ring (bicyclic) bond motifs is 1. The molecule has 2 heterocycles. The first kappa shape index (κ1) is 22.5. The highest BCUT2D eigenvalue weighted by molar-refractivity contribution is 7.90. The summed E-state index contributed by atoms with van der Waals surface area (Å²) < 4.78 is 44.6. The summed E-state index contributed by atoms with van der Waals surface area (Å²) in [5.74, 6) is -0.800. The molecule has 1 aliphatic heterocycles. The van der Waals surface area contributed by atoms with Gasteiger partial charge in [0.1, 0.15) is 5.82 Å². The number of rotatable bonds is 6. The molecule has 1 fully saturated rings. The number of anilines is 3. The lowest BCUT2D eigenvalue weighted by atomic mass is 10.1. The molecule has 0 unspecified atom stereocenters. The zero-order valence-electron chi connectivity index (χ0n) is 17.3. The Morgan fingerprint density at radius 2 is 1.94 bits per heavy atom. The third kappa shape index (κ3) is 3.92. The zero-order valence-corrected chi connectivity index (χ0v) is 18.8. The number of nitrogens with zero attached hydrogens (tertiary/aromatic N) is 3. The van der Waals surface area contributed by atoms with Gasteiger partial charge in [-0.05, 0) is 36.8 Å². The van der Waals surface area contributed by atoms with Gasteiger partial charge in [0.25, 0.3) is 5.56 Å². The lowest BCUT2D eigenvalue weighted by molar-refractivity contribution is 0.118. The molecular formula is C20H21ClFN5O4S. The Kier molecular flexibility index (Phi) is 5.84. The van der Waals surface area contributed by atoms with Crippen molar-refractivity contribution in [2.45, 2.75) is 6.92 Å². The maximum absolute atomic E-state index is 14.6. The molecule has 0 aliphatic carbocycles. The van der Waals surface area contributed by atoms with E-state index in [1.165, 1.54) is 17.0 Å². The number of hydrogen-bond donors (Lipinski definition) is 3. The van der Waals surface area contributed by atoms with Gasteiger partial charge in [-0.2, -0.15) is 12.7 Å². The summed E-state index contributed by atoms with van der Waals surface area (Å²) in [6, 6.07) is 5.60. The number of aryl methyl sites for hydroxylation is 2. The first-order valence-corrected chi connectivity index (χ1v) is 11.5. The fourth-order valence-electron chi connectivity index (χ4n) is 3.51. The zero-order chi connectivity index (χ0) is 23.2. The van der Waals surface area contributed by atoms with Crippen molar-refractivity contribution in [3.63, 3.8) is 0 Å². The molecule has 3 N–H and O–H groups in total. The van der Waals surface area contributed by atoms with Crippen LogP contribution >= 0.6 is 11.6 Å². The van der Waals surface area contributed by atoms with Gasteiger partial charge in [-0.15, -0.1) is 0 Å². The smallest absolute Gasteiger partial charge is 0.301 e. The summed E-state index contributed by atoms with van der Waals surface area (Å²) >= 11 is 6.35. The van der Waals surface area contributed by atoms with Crippen molar-refractivity contribution in [1.82, 2.24) is 13.9 Å². The van der Waals surface area contributed by atoms with E-state index in [1.807, 2.05) is 0 Å². The average molecular weight is 482 g/mol. The van der Waals surface area contributed by atoms with Gasteiger partial charge in [-0.1, -0.05) is 11.6 Å². The van der Waals surface area contributed by atoms with Crippen LogP contribution < -0.4 is 15.6 Å². The predicted octanol–water partition coefficient (Wildman–Crippen LogP) is 2.36. The largest absolute Gasteiger partial charge is 0.396 e. The molecule has 3 aromatic rings. The summed E-state index contributed by atoms with van der Waals surface area (Å²) in [4.78, 5) is 16.8. The van der Waals surface area contributed by atoms with Crippen LogP contribution in [-0.2, 0) is 17.3 Å². The molecule has 0 spiro atoms. The minimum atomic E-state index is -3.91. The molecular weight excluding hydrogens is 461 g/mol. The third-order valence-electron chi connectivity index (χ3n) is 5.46. The van der Waals surface area contributed by atoms with E-state index in [0.717, 1.165) is 10.4 Å². The van der Waals surface area contributed by atoms with Gasteiger partial charge < -0.3 is 15.0 Å². The fourth-order valence-corrected chi connectivity index (χ4v) is 5.20. The second kappa shape index (κ2) is 8.32. The second-order valence-electron chi connectivity index (χ2n) is 7.67. The first-order chi connectivity index (χ1) is 15.1. The molecule has 170 valence electrons. The Balaban J connectivity index is 1.68. The lowest BCUT2D eigenvalue weighted by Crippen LogP contribution is -2.53. The molecule has 4 rings (SSSR count). The SMILES string of the molecule is Cc1c(Nc2c(F)ccc(NS(=O)(=O)N3CC(CO)C3)c2Cl)ccc2ncn(C)c(=O)c12. The number of aliphatic hydroxyl groups is 1. The van der Waals surface area contributed by atoms with Crippen molar-refractivity contribution in [2.75, 3.05) is 29.7 Å². The van der Waals surface area contributed by atoms with Crippen molar-refractivity contribution in [3.8, 4) is 0 Å². The Labute approximate surface area is 188 Å². The second-order valence-corrected chi connectivity index (χ2v) is 9.72. The molecule has 12 heteroatoms. The Bertz CT molecular complexity index is 1370. The summed E-state index contributed by atoms with van der Waals surface area (Å²) in [6.45, 7) is 1.98. The monoisotopic (exact) mass is 481 g/mol. The van der Waals surface area contributed by atoms with Crippen molar-refractivity contribution < 1.29 is 17.9 Å². The van der Waals surface area contributed by atoms with Crippen LogP contribution in [0.2, 0.25) is 5.02 Å². The summed E-state index contributed by atoms with van der Waals surface area (Å²) in [5, 5.41) is 12.2. The number of hydrogen-bond acceptors (Lipinski definition) is 6. The minimum Gasteiger partial charge on any atom is -0.396 e. The van der Waals surface area contributed by atoms with E-state index in [2.05, 4.69) is 15.0 Å². The van der Waals surface area contributed by atoms with Gasteiger partial charge in [0, 0.05) is 38.3 Å². The van der Waals surface area contributed by atoms with E-state index < -0.39 is 16.0 Å². The van der Waals surface area contributed by atoms with Crippen LogP contribution in [0.15, 0.2) is 35.4 Å². The van der Waals surface area contributed by atoms with Gasteiger partial charge in [-0.25, -0.2) is 9.37 Å². The van der Waals surface area contributed by atoms with Crippen LogP contribution in [0.3, 0.4) is 0 Å². The topological polar surface area (TPSA) is 117 Å². The van der Waals surface area contributed by atoms with Crippen LogP contribution in [0, 0.1) is 18.7 Å². The molecule has 0 saturated carbocycles. The molecule has 0 amide bonds. The number of aromatic nitrogens is 2. The highest BCUT2D eigenvalue weighted by Gasteiger charge is 2.35. The quantitative estimate of drug-likeness (QED) is 0.497. The Morgan fingerprint density at radius 1 is 1.25 bits per heavy atom. The van der Waals surface area contributed by atoms with E-state index in [4.69, 9.17) is 16.7 Å². The van der Waals surface area contributed by atoms with Crippen LogP contribution in [0.5, 0.6) is 0 Å². The fraction of sp³-hybridized carbons (Fsp3) is 0.300. The van der Waals surface area contributed by atoms with E-state index in [0.29, 0.717) is 22.2 Å². The maximum Gasteiger partial charge on any atom is 0.301 e. The van der Waals surface area contributed by atoms with Crippen LogP contribution in [0.1, 0.15) is 5.56 Å². The lowest BCUT2D eigenvalue weighted by Gasteiger charge is -2.36. The van der Waals surface area contributed by atoms with Crippen molar-refractivity contribution in [3.05, 3.63) is 57.3 Å². The molecule has 2 aromatic carbocycles. The van der Waals surface area contributed by atoms with E-state index in [1.54, 1.807) is 26.1 Å². The minimum absolute atomic E-state index is 0.000891. The predicted molar refractivity (Wildman–Crippen MR) is 121 cm³/mol. The van der Waals surface area contributed by atoms with Gasteiger partial charge in [-0.3, -0.25) is 9.52 Å². The Hall–Kier alpha value is -2.73. The van der Waals surface area contributed by atoms with Crippen molar-refractivity contribution in [2.24, 2.45) is 13.0 Å². The summed E-state index contributed by atoms with van der Waals surface area (Å²) in [6.07, 6.45) is 1.42. The molecule has 9 nitrogen and oxygen atoms in total.